The van der Waals surface area contributed by atoms with Crippen molar-refractivity contribution in [1.82, 2.24) is 0 Å². The maximum absolute atomic E-state index is 9.80. The monoisotopic (exact) mass is 166 g/mol. The molecule has 2 bridgehead atoms. The quantitative estimate of drug-likeness (QED) is 0.638. The SMILES string of the molecule is C=CCC(O)C1CC2CCC1C2. The van der Waals surface area contributed by atoms with E-state index in [4.69, 9.17) is 0 Å². The van der Waals surface area contributed by atoms with Gasteiger partial charge >= 0.3 is 0 Å². The van der Waals surface area contributed by atoms with Gasteiger partial charge in [0, 0.05) is 0 Å². The fraction of sp³-hybridized carbons (Fsp3) is 0.818. The molecule has 0 aliphatic heterocycles. The molecule has 0 spiro atoms. The van der Waals surface area contributed by atoms with E-state index in [0.717, 1.165) is 18.3 Å². The molecule has 2 aliphatic carbocycles. The van der Waals surface area contributed by atoms with Crippen molar-refractivity contribution in [3.63, 3.8) is 0 Å². The number of hydrogen-bond acceptors (Lipinski definition) is 1. The van der Waals surface area contributed by atoms with Gasteiger partial charge in [-0.05, 0) is 43.4 Å². The predicted molar refractivity (Wildman–Crippen MR) is 49.8 cm³/mol. The molecule has 2 saturated carbocycles. The second kappa shape index (κ2) is 3.21. The molecule has 1 heteroatoms. The summed E-state index contributed by atoms with van der Waals surface area (Å²) in [7, 11) is 0. The van der Waals surface area contributed by atoms with Crippen molar-refractivity contribution in [3.8, 4) is 0 Å². The lowest BCUT2D eigenvalue weighted by atomic mass is 9.83. The van der Waals surface area contributed by atoms with Crippen LogP contribution in [0.2, 0.25) is 0 Å². The molecule has 12 heavy (non-hydrogen) atoms. The minimum atomic E-state index is -0.0993. The lowest BCUT2D eigenvalue weighted by molar-refractivity contribution is 0.0773. The van der Waals surface area contributed by atoms with Gasteiger partial charge in [-0.25, -0.2) is 0 Å². The first-order valence-electron chi connectivity index (χ1n) is 5.10. The van der Waals surface area contributed by atoms with Crippen LogP contribution in [0.25, 0.3) is 0 Å². The van der Waals surface area contributed by atoms with E-state index in [9.17, 15) is 5.11 Å². The van der Waals surface area contributed by atoms with Crippen LogP contribution in [0, 0.1) is 17.8 Å². The molecule has 4 unspecified atom stereocenters. The van der Waals surface area contributed by atoms with Gasteiger partial charge in [0.05, 0.1) is 6.10 Å². The number of rotatable bonds is 3. The predicted octanol–water partition coefficient (Wildman–Crippen LogP) is 2.36. The van der Waals surface area contributed by atoms with Crippen molar-refractivity contribution < 1.29 is 5.11 Å². The van der Waals surface area contributed by atoms with E-state index in [1.165, 1.54) is 25.7 Å². The van der Waals surface area contributed by atoms with Gasteiger partial charge in [0.1, 0.15) is 0 Å². The summed E-state index contributed by atoms with van der Waals surface area (Å²) in [5.74, 6) is 2.38. The van der Waals surface area contributed by atoms with E-state index in [0.29, 0.717) is 5.92 Å². The molecule has 0 saturated heterocycles. The average molecular weight is 166 g/mol. The lowest BCUT2D eigenvalue weighted by Crippen LogP contribution is -2.24. The molecule has 0 aromatic carbocycles. The second-order valence-corrected chi connectivity index (χ2v) is 4.43. The first-order valence-corrected chi connectivity index (χ1v) is 5.10. The molecule has 1 N–H and O–H groups in total. The first-order chi connectivity index (χ1) is 5.81. The highest BCUT2D eigenvalue weighted by Crippen LogP contribution is 2.49. The largest absolute Gasteiger partial charge is 0.393 e. The van der Waals surface area contributed by atoms with Crippen LogP contribution in [0.5, 0.6) is 0 Å². The van der Waals surface area contributed by atoms with Crippen molar-refractivity contribution in [2.45, 2.75) is 38.2 Å². The minimum absolute atomic E-state index is 0.0993. The highest BCUT2D eigenvalue weighted by atomic mass is 16.3. The summed E-state index contributed by atoms with van der Waals surface area (Å²) in [4.78, 5) is 0. The van der Waals surface area contributed by atoms with Crippen molar-refractivity contribution in [3.05, 3.63) is 12.7 Å². The van der Waals surface area contributed by atoms with Crippen LogP contribution in [0.4, 0.5) is 0 Å². The third kappa shape index (κ3) is 1.31. The Morgan fingerprint density at radius 1 is 1.42 bits per heavy atom. The van der Waals surface area contributed by atoms with Crippen molar-refractivity contribution in [2.75, 3.05) is 0 Å². The van der Waals surface area contributed by atoms with Gasteiger partial charge in [-0.15, -0.1) is 6.58 Å². The minimum Gasteiger partial charge on any atom is -0.393 e. The van der Waals surface area contributed by atoms with E-state index in [1.54, 1.807) is 0 Å². The van der Waals surface area contributed by atoms with Crippen LogP contribution >= 0.6 is 0 Å². The maximum Gasteiger partial charge on any atom is 0.0605 e. The maximum atomic E-state index is 9.80. The Bertz CT molecular complexity index is 176. The summed E-state index contributed by atoms with van der Waals surface area (Å²) >= 11 is 0. The Morgan fingerprint density at radius 2 is 2.25 bits per heavy atom. The van der Waals surface area contributed by atoms with E-state index in [-0.39, 0.29) is 6.10 Å². The van der Waals surface area contributed by atoms with Gasteiger partial charge in [0.25, 0.3) is 0 Å². The molecule has 2 aliphatic rings. The molecule has 4 atom stereocenters. The highest BCUT2D eigenvalue weighted by Gasteiger charge is 2.42. The third-order valence-electron chi connectivity index (χ3n) is 3.70. The first kappa shape index (κ1) is 8.31. The summed E-state index contributed by atoms with van der Waals surface area (Å²) in [5.41, 5.74) is 0. The Kier molecular flexibility index (Phi) is 2.22. The summed E-state index contributed by atoms with van der Waals surface area (Å²) in [6.45, 7) is 3.67. The van der Waals surface area contributed by atoms with Crippen molar-refractivity contribution in [2.24, 2.45) is 17.8 Å². The molecule has 2 rings (SSSR count). The summed E-state index contributed by atoms with van der Waals surface area (Å²) in [6, 6.07) is 0. The summed E-state index contributed by atoms with van der Waals surface area (Å²) in [6.07, 6.45) is 7.98. The standard InChI is InChI=1S/C11H18O/c1-2-3-11(12)10-7-8-4-5-9(10)6-8/h2,8-12H,1,3-7H2. The molecule has 0 aromatic rings. The molecule has 0 amide bonds. The van der Waals surface area contributed by atoms with Crippen molar-refractivity contribution in [1.29, 1.82) is 0 Å². The van der Waals surface area contributed by atoms with Crippen LogP contribution in [0.3, 0.4) is 0 Å². The summed E-state index contributed by atoms with van der Waals surface area (Å²) in [5, 5.41) is 9.80. The van der Waals surface area contributed by atoms with E-state index in [1.807, 2.05) is 6.08 Å². The van der Waals surface area contributed by atoms with Gasteiger partial charge in [-0.1, -0.05) is 12.5 Å². The molecule has 0 radical (unpaired) electrons. The van der Waals surface area contributed by atoms with Gasteiger partial charge in [-0.3, -0.25) is 0 Å². The van der Waals surface area contributed by atoms with Crippen LogP contribution in [0.1, 0.15) is 32.1 Å². The molecular weight excluding hydrogens is 148 g/mol. The number of fused-ring (bicyclic) bond motifs is 2. The smallest absolute Gasteiger partial charge is 0.0605 e. The molecule has 0 aromatic heterocycles. The Labute approximate surface area is 74.5 Å². The van der Waals surface area contributed by atoms with Crippen molar-refractivity contribution >= 4 is 0 Å². The molecule has 68 valence electrons. The van der Waals surface area contributed by atoms with E-state index in [2.05, 4.69) is 6.58 Å². The van der Waals surface area contributed by atoms with E-state index < -0.39 is 0 Å². The fourth-order valence-corrected chi connectivity index (χ4v) is 3.11. The average Bonchev–Trinajstić information content (AvgIpc) is 2.64. The zero-order chi connectivity index (χ0) is 8.55. The van der Waals surface area contributed by atoms with Crippen LogP contribution < -0.4 is 0 Å². The zero-order valence-electron chi connectivity index (χ0n) is 7.58. The second-order valence-electron chi connectivity index (χ2n) is 4.43. The Hall–Kier alpha value is -0.300. The lowest BCUT2D eigenvalue weighted by Gasteiger charge is -2.25. The molecular formula is C11H18O. The summed E-state index contributed by atoms with van der Waals surface area (Å²) < 4.78 is 0. The molecule has 0 heterocycles. The van der Waals surface area contributed by atoms with E-state index >= 15 is 0 Å². The van der Waals surface area contributed by atoms with Gasteiger partial charge < -0.3 is 5.11 Å². The Morgan fingerprint density at radius 3 is 2.75 bits per heavy atom. The topological polar surface area (TPSA) is 20.2 Å². The number of aliphatic hydroxyl groups excluding tert-OH is 1. The van der Waals surface area contributed by atoms with Crippen LogP contribution in [-0.2, 0) is 0 Å². The van der Waals surface area contributed by atoms with Crippen LogP contribution in [-0.4, -0.2) is 11.2 Å². The van der Waals surface area contributed by atoms with Gasteiger partial charge in [0.2, 0.25) is 0 Å². The van der Waals surface area contributed by atoms with Gasteiger partial charge in [-0.2, -0.15) is 0 Å². The third-order valence-corrected chi connectivity index (χ3v) is 3.70. The van der Waals surface area contributed by atoms with Gasteiger partial charge in [0.15, 0.2) is 0 Å². The highest BCUT2D eigenvalue weighted by molar-refractivity contribution is 4.94. The number of aliphatic hydroxyl groups is 1. The van der Waals surface area contributed by atoms with Crippen LogP contribution in [0.15, 0.2) is 12.7 Å². The fourth-order valence-electron chi connectivity index (χ4n) is 3.11. The Balaban J connectivity index is 1.92. The zero-order valence-corrected chi connectivity index (χ0v) is 7.58. The number of hydrogen-bond donors (Lipinski definition) is 1. The molecule has 1 nitrogen and oxygen atoms in total. The molecule has 2 fully saturated rings. The normalized spacial score (nSPS) is 41.6.